The van der Waals surface area contributed by atoms with Crippen LogP contribution in [0.5, 0.6) is 0 Å². The lowest BCUT2D eigenvalue weighted by Gasteiger charge is -2.27. The van der Waals surface area contributed by atoms with E-state index in [1.807, 2.05) is 55.1 Å². The van der Waals surface area contributed by atoms with Crippen LogP contribution in [0.3, 0.4) is 0 Å². The molecule has 2 aromatic carbocycles. The summed E-state index contributed by atoms with van der Waals surface area (Å²) in [4.78, 5) is 24.5. The maximum Gasteiger partial charge on any atom is 0.303 e. The first-order valence-electron chi connectivity index (χ1n) is 14.3. The van der Waals surface area contributed by atoms with Crippen LogP contribution in [0.4, 0.5) is 0 Å². The molecule has 1 amide bonds. The second kappa shape index (κ2) is 15.6. The van der Waals surface area contributed by atoms with Crippen molar-refractivity contribution in [1.82, 2.24) is 10.6 Å². The highest BCUT2D eigenvalue weighted by Gasteiger charge is 2.26. The molecule has 2 atom stereocenters. The number of carboxylic acids is 1. The molecule has 40 heavy (non-hydrogen) atoms. The number of amides is 1. The number of thioether (sulfide) groups is 1. The molecule has 9 heteroatoms. The fourth-order valence-corrected chi connectivity index (χ4v) is 7.07. The SMILES string of the molecule is CCSCC(CC1CCCCC1)NCc1ccc(C(=O)NC(CCC(=O)O)S(C)(=O)=O)c(-c2ccccc2C)c1. The zero-order chi connectivity index (χ0) is 29.1. The lowest BCUT2D eigenvalue weighted by Crippen LogP contribution is -2.40. The van der Waals surface area contributed by atoms with Crippen LogP contribution in [0.15, 0.2) is 42.5 Å². The lowest BCUT2D eigenvalue weighted by molar-refractivity contribution is -0.137. The number of carbonyl (C=O) groups excluding carboxylic acids is 1. The molecular formula is C31H44N2O5S2. The minimum atomic E-state index is -3.70. The molecule has 1 saturated carbocycles. The average Bonchev–Trinajstić information content (AvgIpc) is 2.92. The van der Waals surface area contributed by atoms with E-state index < -0.39 is 27.1 Å². The molecule has 1 fully saturated rings. The number of carbonyl (C=O) groups is 2. The van der Waals surface area contributed by atoms with Gasteiger partial charge in [-0.05, 0) is 65.8 Å². The van der Waals surface area contributed by atoms with Crippen molar-refractivity contribution in [3.63, 3.8) is 0 Å². The van der Waals surface area contributed by atoms with E-state index in [0.717, 1.165) is 45.9 Å². The first kappa shape index (κ1) is 32.2. The van der Waals surface area contributed by atoms with Gasteiger partial charge in [0.05, 0.1) is 0 Å². The average molecular weight is 589 g/mol. The molecule has 0 aliphatic heterocycles. The molecule has 2 unspecified atom stereocenters. The molecule has 1 aliphatic carbocycles. The summed E-state index contributed by atoms with van der Waals surface area (Å²) < 4.78 is 24.6. The van der Waals surface area contributed by atoms with Gasteiger partial charge < -0.3 is 15.7 Å². The summed E-state index contributed by atoms with van der Waals surface area (Å²) in [6.07, 6.45) is 8.29. The number of carboxylic acid groups (broad SMARTS) is 1. The van der Waals surface area contributed by atoms with Gasteiger partial charge in [-0.1, -0.05) is 69.4 Å². The molecule has 0 radical (unpaired) electrons. The predicted octanol–water partition coefficient (Wildman–Crippen LogP) is 5.81. The van der Waals surface area contributed by atoms with E-state index in [0.29, 0.717) is 18.2 Å². The number of aliphatic carboxylic acids is 1. The van der Waals surface area contributed by atoms with Crippen molar-refractivity contribution in [1.29, 1.82) is 0 Å². The molecule has 0 heterocycles. The van der Waals surface area contributed by atoms with Gasteiger partial charge in [0.2, 0.25) is 0 Å². The van der Waals surface area contributed by atoms with E-state index in [2.05, 4.69) is 17.6 Å². The molecule has 2 aromatic rings. The number of nitrogens with one attached hydrogen (secondary N) is 2. The monoisotopic (exact) mass is 588 g/mol. The summed E-state index contributed by atoms with van der Waals surface area (Å²) in [6.45, 7) is 4.85. The number of sulfone groups is 1. The van der Waals surface area contributed by atoms with Crippen LogP contribution >= 0.6 is 11.8 Å². The Kier molecular flexibility index (Phi) is 12.5. The van der Waals surface area contributed by atoms with Gasteiger partial charge in [-0.3, -0.25) is 9.59 Å². The van der Waals surface area contributed by atoms with Gasteiger partial charge in [0.15, 0.2) is 9.84 Å². The number of aryl methyl sites for hydroxylation is 1. The number of benzene rings is 2. The minimum absolute atomic E-state index is 0.195. The van der Waals surface area contributed by atoms with Crippen molar-refractivity contribution in [2.45, 2.75) is 83.2 Å². The zero-order valence-corrected chi connectivity index (χ0v) is 25.6. The van der Waals surface area contributed by atoms with E-state index in [4.69, 9.17) is 5.11 Å². The number of rotatable bonds is 15. The van der Waals surface area contributed by atoms with E-state index in [-0.39, 0.29) is 12.8 Å². The topological polar surface area (TPSA) is 113 Å². The molecule has 1 aliphatic rings. The summed E-state index contributed by atoms with van der Waals surface area (Å²) in [5.74, 6) is 1.29. The number of hydrogen-bond donors (Lipinski definition) is 3. The van der Waals surface area contributed by atoms with Crippen LogP contribution < -0.4 is 10.6 Å². The van der Waals surface area contributed by atoms with Gasteiger partial charge >= 0.3 is 5.97 Å². The van der Waals surface area contributed by atoms with Crippen molar-refractivity contribution in [3.8, 4) is 11.1 Å². The van der Waals surface area contributed by atoms with Crippen molar-refractivity contribution >= 4 is 33.5 Å². The Hall–Kier alpha value is -2.36. The van der Waals surface area contributed by atoms with Crippen LogP contribution in [-0.2, 0) is 21.2 Å². The van der Waals surface area contributed by atoms with Gasteiger partial charge in [-0.25, -0.2) is 8.42 Å². The first-order valence-corrected chi connectivity index (χ1v) is 17.4. The summed E-state index contributed by atoms with van der Waals surface area (Å²) in [5, 5.41) is 14.1. The second-order valence-electron chi connectivity index (χ2n) is 10.9. The van der Waals surface area contributed by atoms with Crippen LogP contribution in [0.25, 0.3) is 11.1 Å². The molecule has 0 aromatic heterocycles. The Balaban J connectivity index is 1.85. The third-order valence-electron chi connectivity index (χ3n) is 7.65. The molecular weight excluding hydrogens is 544 g/mol. The largest absolute Gasteiger partial charge is 0.481 e. The Morgan fingerprint density at radius 2 is 1.80 bits per heavy atom. The fourth-order valence-electron chi connectivity index (χ4n) is 5.43. The summed E-state index contributed by atoms with van der Waals surface area (Å²) in [5.41, 5.74) is 4.04. The van der Waals surface area contributed by atoms with Crippen molar-refractivity contribution in [2.75, 3.05) is 17.8 Å². The van der Waals surface area contributed by atoms with Crippen molar-refractivity contribution < 1.29 is 23.1 Å². The third-order valence-corrected chi connectivity index (χ3v) is 10.1. The molecule has 7 nitrogen and oxygen atoms in total. The Morgan fingerprint density at radius 3 is 2.45 bits per heavy atom. The molecule has 0 spiro atoms. The summed E-state index contributed by atoms with van der Waals surface area (Å²) in [6, 6.07) is 13.9. The Bertz CT molecular complexity index is 1240. The standard InChI is InChI=1S/C31H44N2O5S2/c1-4-39-21-25(18-23-11-6-5-7-12-23)32-20-24-14-15-27(28(19-24)26-13-9-8-10-22(26)2)31(36)33-29(40(3,37)38)16-17-30(34)35/h8-10,13-15,19,23,25,29,32H,4-7,11-12,16-18,20-21H2,1-3H3,(H,33,36)(H,34,35). The van der Waals surface area contributed by atoms with Crippen LogP contribution in [-0.4, -0.2) is 54.6 Å². The number of hydrogen-bond acceptors (Lipinski definition) is 6. The van der Waals surface area contributed by atoms with Gasteiger partial charge in [0.25, 0.3) is 5.91 Å². The van der Waals surface area contributed by atoms with Crippen molar-refractivity contribution in [2.24, 2.45) is 5.92 Å². The van der Waals surface area contributed by atoms with Gasteiger partial charge in [-0.15, -0.1) is 0 Å². The maximum atomic E-state index is 13.4. The summed E-state index contributed by atoms with van der Waals surface area (Å²) >= 11 is 1.96. The smallest absolute Gasteiger partial charge is 0.303 e. The highest BCUT2D eigenvalue weighted by atomic mass is 32.2. The van der Waals surface area contributed by atoms with Crippen LogP contribution in [0, 0.1) is 12.8 Å². The predicted molar refractivity (Wildman–Crippen MR) is 164 cm³/mol. The highest BCUT2D eigenvalue weighted by Crippen LogP contribution is 2.30. The Labute approximate surface area is 243 Å². The minimum Gasteiger partial charge on any atom is -0.481 e. The quantitative estimate of drug-likeness (QED) is 0.241. The summed E-state index contributed by atoms with van der Waals surface area (Å²) in [7, 11) is -3.70. The fraction of sp³-hybridized carbons (Fsp3) is 0.548. The van der Waals surface area contributed by atoms with E-state index in [1.54, 1.807) is 6.07 Å². The molecule has 0 saturated heterocycles. The maximum absolute atomic E-state index is 13.4. The van der Waals surface area contributed by atoms with E-state index in [9.17, 15) is 18.0 Å². The molecule has 220 valence electrons. The van der Waals surface area contributed by atoms with Crippen LogP contribution in [0.2, 0.25) is 0 Å². The third kappa shape index (κ3) is 9.93. The highest BCUT2D eigenvalue weighted by molar-refractivity contribution is 7.99. The van der Waals surface area contributed by atoms with Crippen LogP contribution in [0.1, 0.15) is 79.8 Å². The Morgan fingerprint density at radius 1 is 1.07 bits per heavy atom. The van der Waals surface area contributed by atoms with Gasteiger partial charge in [0.1, 0.15) is 5.37 Å². The molecule has 3 rings (SSSR count). The first-order chi connectivity index (χ1) is 19.1. The second-order valence-corrected chi connectivity index (χ2v) is 14.4. The zero-order valence-electron chi connectivity index (χ0n) is 23.9. The van der Waals surface area contributed by atoms with Gasteiger partial charge in [-0.2, -0.15) is 11.8 Å². The molecule has 3 N–H and O–H groups in total. The van der Waals surface area contributed by atoms with Crippen molar-refractivity contribution in [3.05, 3.63) is 59.2 Å². The normalized spacial score (nSPS) is 15.9. The van der Waals surface area contributed by atoms with Gasteiger partial charge in [0, 0.05) is 36.6 Å². The lowest BCUT2D eigenvalue weighted by atomic mass is 9.85. The van der Waals surface area contributed by atoms with E-state index >= 15 is 0 Å². The molecule has 0 bridgehead atoms. The van der Waals surface area contributed by atoms with E-state index in [1.165, 1.54) is 38.5 Å².